The second kappa shape index (κ2) is 8.41. The van der Waals surface area contributed by atoms with Crippen LogP contribution >= 0.6 is 0 Å². The van der Waals surface area contributed by atoms with E-state index < -0.39 is 6.10 Å². The van der Waals surface area contributed by atoms with E-state index in [0.717, 1.165) is 12.8 Å². The maximum absolute atomic E-state index is 11.1. The van der Waals surface area contributed by atoms with Crippen LogP contribution < -0.4 is 5.32 Å². The van der Waals surface area contributed by atoms with Crippen molar-refractivity contribution in [3.05, 3.63) is 48.0 Å². The minimum absolute atomic E-state index is 0.0681. The van der Waals surface area contributed by atoms with Crippen molar-refractivity contribution in [2.24, 2.45) is 5.92 Å². The molecule has 3 heteroatoms. The van der Waals surface area contributed by atoms with Crippen molar-refractivity contribution in [1.29, 1.82) is 0 Å². The first-order valence-electron chi connectivity index (χ1n) is 7.80. The van der Waals surface area contributed by atoms with Gasteiger partial charge in [0.05, 0.1) is 6.10 Å². The first kappa shape index (κ1) is 16.3. The first-order valence-corrected chi connectivity index (χ1v) is 7.80. The molecule has 1 aromatic rings. The van der Waals surface area contributed by atoms with Crippen molar-refractivity contribution >= 4 is 5.91 Å². The van der Waals surface area contributed by atoms with Gasteiger partial charge in [0, 0.05) is 25.3 Å². The van der Waals surface area contributed by atoms with Gasteiger partial charge in [-0.15, -0.1) is 5.92 Å². The van der Waals surface area contributed by atoms with Gasteiger partial charge in [-0.1, -0.05) is 55.3 Å². The van der Waals surface area contributed by atoms with Crippen LogP contribution in [0.5, 0.6) is 0 Å². The molecule has 1 amide bonds. The van der Waals surface area contributed by atoms with Crippen LogP contribution in [0, 0.1) is 17.8 Å². The predicted octanol–water partition coefficient (Wildman–Crippen LogP) is 2.45. The van der Waals surface area contributed by atoms with Crippen molar-refractivity contribution < 1.29 is 9.90 Å². The van der Waals surface area contributed by atoms with Crippen molar-refractivity contribution in [1.82, 2.24) is 5.32 Å². The molecule has 1 aliphatic rings. The average Bonchev–Trinajstić information content (AvgIpc) is 2.95. The van der Waals surface area contributed by atoms with E-state index in [2.05, 4.69) is 29.3 Å². The molecule has 116 valence electrons. The molecule has 0 aromatic heterocycles. The molecule has 22 heavy (non-hydrogen) atoms. The lowest BCUT2D eigenvalue weighted by molar-refractivity contribution is -0.119. The number of hydrogen-bond acceptors (Lipinski definition) is 2. The fourth-order valence-corrected chi connectivity index (χ4v) is 2.33. The maximum atomic E-state index is 11.1. The summed E-state index contributed by atoms with van der Waals surface area (Å²) in [6.07, 6.45) is 5.94. The summed E-state index contributed by atoms with van der Waals surface area (Å²) in [5.74, 6) is 6.45. The molecular weight excluding hydrogens is 274 g/mol. The molecule has 1 fully saturated rings. The molecule has 1 aromatic carbocycles. The molecule has 0 bridgehead atoms. The van der Waals surface area contributed by atoms with Gasteiger partial charge < -0.3 is 10.4 Å². The van der Waals surface area contributed by atoms with Crippen LogP contribution in [0.4, 0.5) is 0 Å². The predicted molar refractivity (Wildman–Crippen MR) is 88.0 cm³/mol. The summed E-state index contributed by atoms with van der Waals surface area (Å²) in [4.78, 5) is 11.1. The molecule has 1 heterocycles. The first-order chi connectivity index (χ1) is 10.6. The van der Waals surface area contributed by atoms with Crippen LogP contribution in [0.25, 0.3) is 0 Å². The van der Waals surface area contributed by atoms with Gasteiger partial charge >= 0.3 is 0 Å². The standard InChI is InChI=1S/C19H23NO2/c1-15(7-5-6-10-16-8-3-2-4-9-16)18(21)13-11-17-12-14-19(22)20-17/h2-4,8-9,11,13,15,17-18,21H,7,10,12,14H2,1H3,(H,20,22)/b13-11+/t15-,17+,18-/m1/s1. The van der Waals surface area contributed by atoms with Crippen LogP contribution in [-0.4, -0.2) is 23.2 Å². The molecule has 2 N–H and O–H groups in total. The van der Waals surface area contributed by atoms with Crippen LogP contribution in [0.2, 0.25) is 0 Å². The van der Waals surface area contributed by atoms with Gasteiger partial charge in [0.2, 0.25) is 5.91 Å². The largest absolute Gasteiger partial charge is 0.389 e. The Morgan fingerprint density at radius 3 is 2.82 bits per heavy atom. The van der Waals surface area contributed by atoms with E-state index in [9.17, 15) is 9.90 Å². The number of aliphatic hydroxyl groups excluding tert-OH is 1. The van der Waals surface area contributed by atoms with E-state index in [1.165, 1.54) is 5.56 Å². The van der Waals surface area contributed by atoms with Gasteiger partial charge in [-0.05, 0) is 17.9 Å². The average molecular weight is 297 g/mol. The fraction of sp³-hybridized carbons (Fsp3) is 0.421. The van der Waals surface area contributed by atoms with Crippen molar-refractivity contribution in [2.75, 3.05) is 0 Å². The van der Waals surface area contributed by atoms with E-state index in [1.807, 2.05) is 31.2 Å². The summed E-state index contributed by atoms with van der Waals surface area (Å²) >= 11 is 0. The van der Waals surface area contributed by atoms with Crippen molar-refractivity contribution in [2.45, 2.75) is 44.8 Å². The topological polar surface area (TPSA) is 49.3 Å². The minimum atomic E-state index is -0.525. The molecule has 0 unspecified atom stereocenters. The Morgan fingerprint density at radius 2 is 2.14 bits per heavy atom. The molecule has 1 aliphatic heterocycles. The smallest absolute Gasteiger partial charge is 0.220 e. The second-order valence-electron chi connectivity index (χ2n) is 5.79. The van der Waals surface area contributed by atoms with Gasteiger partial charge in [-0.25, -0.2) is 0 Å². The summed E-state index contributed by atoms with van der Waals surface area (Å²) in [5.41, 5.74) is 1.21. The monoisotopic (exact) mass is 297 g/mol. The molecule has 3 atom stereocenters. The lowest BCUT2D eigenvalue weighted by atomic mass is 10.00. The third-order valence-corrected chi connectivity index (χ3v) is 3.84. The number of amides is 1. The zero-order chi connectivity index (χ0) is 15.8. The maximum Gasteiger partial charge on any atom is 0.220 e. The summed E-state index contributed by atoms with van der Waals surface area (Å²) in [7, 11) is 0. The lowest BCUT2D eigenvalue weighted by Gasteiger charge is -2.13. The normalized spacial score (nSPS) is 20.3. The number of carbonyl (C=O) groups excluding carboxylic acids is 1. The zero-order valence-electron chi connectivity index (χ0n) is 13.0. The molecular formula is C19H23NO2. The quantitative estimate of drug-likeness (QED) is 0.648. The lowest BCUT2D eigenvalue weighted by Crippen LogP contribution is -2.24. The summed E-state index contributed by atoms with van der Waals surface area (Å²) in [6, 6.07) is 10.2. The molecule has 0 saturated carbocycles. The Kier molecular flexibility index (Phi) is 6.24. The highest BCUT2D eigenvalue weighted by molar-refractivity contribution is 5.78. The molecule has 0 radical (unpaired) electrons. The Hall–Kier alpha value is -2.05. The SMILES string of the molecule is C[C@H](CC#CCc1ccccc1)[C@H](O)/C=C/[C@H]1CCC(=O)N1. The summed E-state index contributed by atoms with van der Waals surface area (Å²) < 4.78 is 0. The zero-order valence-corrected chi connectivity index (χ0v) is 13.0. The van der Waals surface area contributed by atoms with E-state index in [1.54, 1.807) is 6.08 Å². The van der Waals surface area contributed by atoms with Crippen LogP contribution in [0.15, 0.2) is 42.5 Å². The number of carbonyl (C=O) groups is 1. The van der Waals surface area contributed by atoms with Gasteiger partial charge in [0.1, 0.15) is 0 Å². The Bertz CT molecular complexity index is 568. The molecule has 0 spiro atoms. The van der Waals surface area contributed by atoms with Gasteiger partial charge in [-0.2, -0.15) is 0 Å². The van der Waals surface area contributed by atoms with E-state index in [0.29, 0.717) is 12.8 Å². The Morgan fingerprint density at radius 1 is 1.36 bits per heavy atom. The van der Waals surface area contributed by atoms with E-state index >= 15 is 0 Å². The summed E-state index contributed by atoms with van der Waals surface area (Å²) in [5, 5.41) is 12.9. The highest BCUT2D eigenvalue weighted by Crippen LogP contribution is 2.12. The third-order valence-electron chi connectivity index (χ3n) is 3.84. The molecule has 3 nitrogen and oxygen atoms in total. The van der Waals surface area contributed by atoms with Gasteiger partial charge in [0.25, 0.3) is 0 Å². The van der Waals surface area contributed by atoms with Gasteiger partial charge in [0.15, 0.2) is 0 Å². The molecule has 2 rings (SSSR count). The highest BCUT2D eigenvalue weighted by Gasteiger charge is 2.18. The van der Waals surface area contributed by atoms with Crippen LogP contribution in [0.3, 0.4) is 0 Å². The third kappa shape index (κ3) is 5.38. The molecule has 0 aliphatic carbocycles. The van der Waals surface area contributed by atoms with E-state index in [4.69, 9.17) is 0 Å². The highest BCUT2D eigenvalue weighted by atomic mass is 16.3. The summed E-state index contributed by atoms with van der Waals surface area (Å²) in [6.45, 7) is 1.99. The number of rotatable bonds is 5. The number of aliphatic hydroxyl groups is 1. The second-order valence-corrected chi connectivity index (χ2v) is 5.79. The number of benzene rings is 1. The number of hydrogen-bond donors (Lipinski definition) is 2. The van der Waals surface area contributed by atoms with E-state index in [-0.39, 0.29) is 17.9 Å². The Labute approximate surface area is 132 Å². The van der Waals surface area contributed by atoms with Gasteiger partial charge in [-0.3, -0.25) is 4.79 Å². The molecule has 1 saturated heterocycles. The minimum Gasteiger partial charge on any atom is -0.389 e. The van der Waals surface area contributed by atoms with Crippen LogP contribution in [-0.2, 0) is 11.2 Å². The number of nitrogens with one attached hydrogen (secondary N) is 1. The fourth-order valence-electron chi connectivity index (χ4n) is 2.33. The Balaban J connectivity index is 1.73. The van der Waals surface area contributed by atoms with Crippen LogP contribution in [0.1, 0.15) is 31.7 Å². The van der Waals surface area contributed by atoms with Crippen molar-refractivity contribution in [3.63, 3.8) is 0 Å². The van der Waals surface area contributed by atoms with Crippen molar-refractivity contribution in [3.8, 4) is 11.8 Å².